The van der Waals surface area contributed by atoms with E-state index in [0.29, 0.717) is 18.2 Å². The molecule has 0 saturated carbocycles. The van der Waals surface area contributed by atoms with Crippen LogP contribution in [0.4, 0.5) is 5.13 Å². The van der Waals surface area contributed by atoms with E-state index in [1.807, 2.05) is 55.5 Å². The number of anilines is 1. The van der Waals surface area contributed by atoms with Crippen LogP contribution in [0.15, 0.2) is 48.5 Å². The van der Waals surface area contributed by atoms with Crippen LogP contribution in [0.3, 0.4) is 0 Å². The summed E-state index contributed by atoms with van der Waals surface area (Å²) in [6, 6.07) is 15.4. The van der Waals surface area contributed by atoms with E-state index in [4.69, 9.17) is 4.74 Å². The minimum atomic E-state index is -0.0599. The van der Waals surface area contributed by atoms with E-state index in [1.165, 1.54) is 11.3 Å². The molecule has 0 fully saturated rings. The summed E-state index contributed by atoms with van der Waals surface area (Å²) in [5.41, 5.74) is 1.85. The number of ether oxygens (including phenoxy) is 1. The molecule has 5 heteroatoms. The molecule has 2 aromatic carbocycles. The van der Waals surface area contributed by atoms with Crippen LogP contribution in [-0.2, 0) is 11.2 Å². The van der Waals surface area contributed by atoms with E-state index in [2.05, 4.69) is 10.3 Å². The fraction of sp³-hybridized carbons (Fsp3) is 0.176. The molecule has 0 aliphatic heterocycles. The SMILES string of the molecule is CCOc1ccc2nc(NC(=O)Cc3ccccc3)sc2c1. The van der Waals surface area contributed by atoms with Gasteiger partial charge in [-0.05, 0) is 30.7 Å². The van der Waals surface area contributed by atoms with E-state index in [-0.39, 0.29) is 5.91 Å². The zero-order valence-electron chi connectivity index (χ0n) is 12.2. The average molecular weight is 312 g/mol. The topological polar surface area (TPSA) is 51.2 Å². The Morgan fingerprint density at radius 3 is 2.82 bits per heavy atom. The van der Waals surface area contributed by atoms with Gasteiger partial charge < -0.3 is 10.1 Å². The maximum Gasteiger partial charge on any atom is 0.230 e. The van der Waals surface area contributed by atoms with Gasteiger partial charge in [0, 0.05) is 0 Å². The molecule has 0 atom stereocenters. The van der Waals surface area contributed by atoms with Crippen LogP contribution in [0.1, 0.15) is 12.5 Å². The summed E-state index contributed by atoms with van der Waals surface area (Å²) in [5, 5.41) is 3.47. The molecule has 1 aromatic heterocycles. The summed E-state index contributed by atoms with van der Waals surface area (Å²) in [6.07, 6.45) is 0.348. The zero-order chi connectivity index (χ0) is 15.4. The fourth-order valence-electron chi connectivity index (χ4n) is 2.16. The van der Waals surface area contributed by atoms with Gasteiger partial charge in [-0.3, -0.25) is 4.79 Å². The zero-order valence-corrected chi connectivity index (χ0v) is 13.0. The molecule has 0 spiro atoms. The molecular formula is C17H16N2O2S. The highest BCUT2D eigenvalue weighted by Gasteiger charge is 2.09. The molecule has 0 bridgehead atoms. The van der Waals surface area contributed by atoms with Crippen LogP contribution in [0.2, 0.25) is 0 Å². The first-order chi connectivity index (χ1) is 10.7. The first kappa shape index (κ1) is 14.5. The predicted molar refractivity (Wildman–Crippen MR) is 89.6 cm³/mol. The number of nitrogens with one attached hydrogen (secondary N) is 1. The standard InChI is InChI=1S/C17H16N2O2S/c1-2-21-13-8-9-14-15(11-13)22-17(18-14)19-16(20)10-12-6-4-3-5-7-12/h3-9,11H,2,10H2,1H3,(H,18,19,20). The maximum absolute atomic E-state index is 12.1. The Bertz CT molecular complexity index is 784. The molecule has 0 aliphatic carbocycles. The molecule has 1 heterocycles. The van der Waals surface area contributed by atoms with Gasteiger partial charge in [-0.1, -0.05) is 41.7 Å². The van der Waals surface area contributed by atoms with Gasteiger partial charge in [0.25, 0.3) is 0 Å². The van der Waals surface area contributed by atoms with Gasteiger partial charge in [0.05, 0.1) is 23.2 Å². The van der Waals surface area contributed by atoms with Crippen molar-refractivity contribution < 1.29 is 9.53 Å². The minimum Gasteiger partial charge on any atom is -0.494 e. The van der Waals surface area contributed by atoms with Crippen molar-refractivity contribution in [1.29, 1.82) is 0 Å². The molecule has 0 unspecified atom stereocenters. The number of carbonyl (C=O) groups is 1. The molecule has 1 N–H and O–H groups in total. The van der Waals surface area contributed by atoms with Crippen LogP contribution in [0, 0.1) is 0 Å². The Kier molecular flexibility index (Phi) is 4.34. The Labute approximate surface area is 132 Å². The van der Waals surface area contributed by atoms with Crippen LogP contribution >= 0.6 is 11.3 Å². The highest BCUT2D eigenvalue weighted by atomic mass is 32.1. The van der Waals surface area contributed by atoms with Gasteiger partial charge in [-0.25, -0.2) is 4.98 Å². The highest BCUT2D eigenvalue weighted by molar-refractivity contribution is 7.22. The van der Waals surface area contributed by atoms with Gasteiger partial charge in [0.2, 0.25) is 5.91 Å². The highest BCUT2D eigenvalue weighted by Crippen LogP contribution is 2.29. The summed E-state index contributed by atoms with van der Waals surface area (Å²) in [6.45, 7) is 2.58. The van der Waals surface area contributed by atoms with E-state index in [0.717, 1.165) is 21.5 Å². The Morgan fingerprint density at radius 1 is 1.23 bits per heavy atom. The van der Waals surface area contributed by atoms with Crippen LogP contribution in [0.5, 0.6) is 5.75 Å². The van der Waals surface area contributed by atoms with Crippen molar-refractivity contribution in [2.24, 2.45) is 0 Å². The quantitative estimate of drug-likeness (QED) is 0.778. The summed E-state index contributed by atoms with van der Waals surface area (Å²) < 4.78 is 6.48. The smallest absolute Gasteiger partial charge is 0.230 e. The van der Waals surface area contributed by atoms with Gasteiger partial charge in [0.1, 0.15) is 5.75 Å². The first-order valence-corrected chi connectivity index (χ1v) is 7.93. The van der Waals surface area contributed by atoms with Crippen molar-refractivity contribution in [3.8, 4) is 5.75 Å². The van der Waals surface area contributed by atoms with Crippen molar-refractivity contribution in [2.45, 2.75) is 13.3 Å². The number of amides is 1. The van der Waals surface area contributed by atoms with Gasteiger partial charge in [-0.15, -0.1) is 0 Å². The molecule has 112 valence electrons. The number of hydrogen-bond donors (Lipinski definition) is 1. The molecule has 0 radical (unpaired) electrons. The Morgan fingerprint density at radius 2 is 2.05 bits per heavy atom. The molecule has 1 amide bonds. The number of nitrogens with zero attached hydrogens (tertiary/aromatic N) is 1. The number of carbonyl (C=O) groups excluding carboxylic acids is 1. The molecule has 3 rings (SSSR count). The van der Waals surface area contributed by atoms with Crippen molar-refractivity contribution in [1.82, 2.24) is 4.98 Å². The third-order valence-electron chi connectivity index (χ3n) is 3.12. The minimum absolute atomic E-state index is 0.0599. The predicted octanol–water partition coefficient (Wildman–Crippen LogP) is 3.88. The second kappa shape index (κ2) is 6.58. The van der Waals surface area contributed by atoms with Crippen molar-refractivity contribution in [2.75, 3.05) is 11.9 Å². The number of fused-ring (bicyclic) bond motifs is 1. The van der Waals surface area contributed by atoms with Crippen LogP contribution < -0.4 is 10.1 Å². The third-order valence-corrected chi connectivity index (χ3v) is 4.06. The average Bonchev–Trinajstić information content (AvgIpc) is 2.89. The molecule has 3 aromatic rings. The number of aromatic nitrogens is 1. The largest absolute Gasteiger partial charge is 0.494 e. The lowest BCUT2D eigenvalue weighted by molar-refractivity contribution is -0.115. The van der Waals surface area contributed by atoms with E-state index >= 15 is 0 Å². The lowest BCUT2D eigenvalue weighted by Crippen LogP contribution is -2.13. The van der Waals surface area contributed by atoms with Crippen molar-refractivity contribution in [3.63, 3.8) is 0 Å². The first-order valence-electron chi connectivity index (χ1n) is 7.12. The second-order valence-corrected chi connectivity index (χ2v) is 5.82. The van der Waals surface area contributed by atoms with Crippen molar-refractivity contribution in [3.05, 3.63) is 54.1 Å². The maximum atomic E-state index is 12.1. The molecule has 22 heavy (non-hydrogen) atoms. The summed E-state index contributed by atoms with van der Waals surface area (Å²) >= 11 is 1.45. The summed E-state index contributed by atoms with van der Waals surface area (Å²) in [5.74, 6) is 0.760. The number of thiazole rings is 1. The van der Waals surface area contributed by atoms with Gasteiger partial charge >= 0.3 is 0 Å². The molecule has 0 saturated heterocycles. The van der Waals surface area contributed by atoms with Gasteiger partial charge in [0.15, 0.2) is 5.13 Å². The van der Waals surface area contributed by atoms with E-state index in [1.54, 1.807) is 0 Å². The fourth-order valence-corrected chi connectivity index (χ4v) is 3.07. The summed E-state index contributed by atoms with van der Waals surface area (Å²) in [7, 11) is 0. The lowest BCUT2D eigenvalue weighted by Gasteiger charge is -2.01. The van der Waals surface area contributed by atoms with E-state index in [9.17, 15) is 4.79 Å². The van der Waals surface area contributed by atoms with Crippen LogP contribution in [-0.4, -0.2) is 17.5 Å². The summed E-state index contributed by atoms with van der Waals surface area (Å²) in [4.78, 5) is 16.5. The Hall–Kier alpha value is -2.40. The second-order valence-electron chi connectivity index (χ2n) is 4.79. The normalized spacial score (nSPS) is 10.6. The molecular weight excluding hydrogens is 296 g/mol. The number of rotatable bonds is 5. The van der Waals surface area contributed by atoms with Crippen molar-refractivity contribution >= 4 is 32.6 Å². The molecule has 4 nitrogen and oxygen atoms in total. The lowest BCUT2D eigenvalue weighted by atomic mass is 10.1. The molecule has 0 aliphatic rings. The van der Waals surface area contributed by atoms with E-state index < -0.39 is 0 Å². The van der Waals surface area contributed by atoms with Gasteiger partial charge in [-0.2, -0.15) is 0 Å². The Balaban J connectivity index is 1.72. The number of benzene rings is 2. The third kappa shape index (κ3) is 3.43. The number of hydrogen-bond acceptors (Lipinski definition) is 4. The monoisotopic (exact) mass is 312 g/mol. The van der Waals surface area contributed by atoms with Crippen LogP contribution in [0.25, 0.3) is 10.2 Å².